The Hall–Kier alpha value is -0.340. The number of rotatable bonds is 3. The minimum absolute atomic E-state index is 0.416. The first-order chi connectivity index (χ1) is 6.69. The molecule has 14 heavy (non-hydrogen) atoms. The van der Waals surface area contributed by atoms with Crippen molar-refractivity contribution in [1.29, 1.82) is 0 Å². The highest BCUT2D eigenvalue weighted by molar-refractivity contribution is 9.10. The van der Waals surface area contributed by atoms with Gasteiger partial charge in [0.05, 0.1) is 0 Å². The van der Waals surface area contributed by atoms with Crippen LogP contribution in [0.15, 0.2) is 22.7 Å². The van der Waals surface area contributed by atoms with Crippen LogP contribution < -0.4 is 5.32 Å². The third-order valence-corrected chi connectivity index (χ3v) is 4.18. The molecular formula is C12H16BrN. The van der Waals surface area contributed by atoms with Crippen molar-refractivity contribution < 1.29 is 0 Å². The smallest absolute Gasteiger partial charge is 0.0242 e. The Balaban J connectivity index is 2.37. The molecule has 1 aromatic carbocycles. The molecule has 0 aliphatic heterocycles. The van der Waals surface area contributed by atoms with Gasteiger partial charge in [-0.25, -0.2) is 0 Å². The van der Waals surface area contributed by atoms with Crippen molar-refractivity contribution in [2.45, 2.75) is 25.2 Å². The Morgan fingerprint density at radius 1 is 1.43 bits per heavy atom. The van der Waals surface area contributed by atoms with E-state index in [1.807, 2.05) is 7.05 Å². The van der Waals surface area contributed by atoms with Gasteiger partial charge in [0.25, 0.3) is 0 Å². The summed E-state index contributed by atoms with van der Waals surface area (Å²) in [4.78, 5) is 0. The largest absolute Gasteiger partial charge is 0.319 e. The van der Waals surface area contributed by atoms with Gasteiger partial charge in [0, 0.05) is 16.4 Å². The van der Waals surface area contributed by atoms with Gasteiger partial charge in [0.2, 0.25) is 0 Å². The summed E-state index contributed by atoms with van der Waals surface area (Å²) in [6, 6.07) is 6.57. The first-order valence-electron chi connectivity index (χ1n) is 5.10. The summed E-state index contributed by atoms with van der Waals surface area (Å²) in [6.07, 6.45) is 2.63. The maximum atomic E-state index is 3.70. The fourth-order valence-electron chi connectivity index (χ4n) is 2.09. The van der Waals surface area contributed by atoms with Gasteiger partial charge in [0.1, 0.15) is 0 Å². The van der Waals surface area contributed by atoms with Crippen LogP contribution in [0.4, 0.5) is 0 Å². The number of likely N-dealkylation sites (N-methyl/N-ethyl adjacent to an activating group) is 1. The molecule has 0 spiro atoms. The standard InChI is InChI=1S/C12H16BrN/c1-9-4-3-5-10(11(9)13)12(6-7-12)8-14-2/h3-5,14H,6-8H2,1-2H3. The summed E-state index contributed by atoms with van der Waals surface area (Å²) in [5.74, 6) is 0. The summed E-state index contributed by atoms with van der Waals surface area (Å²) in [5.41, 5.74) is 3.23. The van der Waals surface area contributed by atoms with E-state index < -0.39 is 0 Å². The fourth-order valence-corrected chi connectivity index (χ4v) is 2.77. The lowest BCUT2D eigenvalue weighted by molar-refractivity contribution is 0.621. The van der Waals surface area contributed by atoms with Crippen LogP contribution in [0.5, 0.6) is 0 Å². The van der Waals surface area contributed by atoms with Crippen molar-refractivity contribution in [2.75, 3.05) is 13.6 Å². The number of hydrogen-bond donors (Lipinski definition) is 1. The molecule has 1 aliphatic carbocycles. The highest BCUT2D eigenvalue weighted by Gasteiger charge is 2.44. The van der Waals surface area contributed by atoms with E-state index in [4.69, 9.17) is 0 Å². The molecule has 1 aromatic rings. The second-order valence-corrected chi connectivity index (χ2v) is 5.04. The molecule has 0 heterocycles. The first kappa shape index (κ1) is 10.2. The average Bonchev–Trinajstić information content (AvgIpc) is 2.91. The minimum Gasteiger partial charge on any atom is -0.319 e. The summed E-state index contributed by atoms with van der Waals surface area (Å²) < 4.78 is 1.30. The zero-order valence-electron chi connectivity index (χ0n) is 8.73. The second kappa shape index (κ2) is 3.67. The number of nitrogens with one attached hydrogen (secondary N) is 1. The van der Waals surface area contributed by atoms with Gasteiger partial charge in [-0.05, 0) is 37.9 Å². The van der Waals surface area contributed by atoms with Gasteiger partial charge in [-0.2, -0.15) is 0 Å². The van der Waals surface area contributed by atoms with Crippen LogP contribution in [0.3, 0.4) is 0 Å². The molecule has 0 unspecified atom stereocenters. The van der Waals surface area contributed by atoms with Crippen LogP contribution in [0.2, 0.25) is 0 Å². The summed E-state index contributed by atoms with van der Waals surface area (Å²) in [5, 5.41) is 3.29. The van der Waals surface area contributed by atoms with Crippen molar-refractivity contribution in [2.24, 2.45) is 0 Å². The molecule has 0 bridgehead atoms. The van der Waals surface area contributed by atoms with Crippen molar-refractivity contribution in [3.63, 3.8) is 0 Å². The summed E-state index contributed by atoms with van der Waals surface area (Å²) >= 11 is 3.70. The average molecular weight is 254 g/mol. The van der Waals surface area contributed by atoms with Crippen LogP contribution in [0.1, 0.15) is 24.0 Å². The van der Waals surface area contributed by atoms with E-state index in [9.17, 15) is 0 Å². The van der Waals surface area contributed by atoms with Gasteiger partial charge in [-0.3, -0.25) is 0 Å². The molecule has 2 heteroatoms. The zero-order chi connectivity index (χ0) is 10.2. The molecular weight excluding hydrogens is 238 g/mol. The third-order valence-electron chi connectivity index (χ3n) is 3.13. The minimum atomic E-state index is 0.416. The molecule has 2 rings (SSSR count). The molecule has 0 atom stereocenters. The lowest BCUT2D eigenvalue weighted by atomic mass is 9.94. The van der Waals surface area contributed by atoms with E-state index in [1.165, 1.54) is 28.4 Å². The first-order valence-corrected chi connectivity index (χ1v) is 5.89. The SMILES string of the molecule is CNCC1(c2cccc(C)c2Br)CC1. The van der Waals surface area contributed by atoms with Crippen LogP contribution in [0, 0.1) is 6.92 Å². The second-order valence-electron chi connectivity index (χ2n) is 4.25. The van der Waals surface area contributed by atoms with Crippen LogP contribution >= 0.6 is 15.9 Å². The highest BCUT2D eigenvalue weighted by atomic mass is 79.9. The molecule has 0 aromatic heterocycles. The predicted molar refractivity (Wildman–Crippen MR) is 63.7 cm³/mol. The number of aryl methyl sites for hydroxylation is 1. The predicted octanol–water partition coefficient (Wildman–Crippen LogP) is 3.01. The molecule has 0 amide bonds. The fraction of sp³-hybridized carbons (Fsp3) is 0.500. The lowest BCUT2D eigenvalue weighted by Crippen LogP contribution is -2.24. The Kier molecular flexibility index (Phi) is 2.67. The molecule has 0 radical (unpaired) electrons. The molecule has 1 nitrogen and oxygen atoms in total. The number of hydrogen-bond acceptors (Lipinski definition) is 1. The highest BCUT2D eigenvalue weighted by Crippen LogP contribution is 2.50. The Morgan fingerprint density at radius 2 is 2.14 bits per heavy atom. The maximum Gasteiger partial charge on any atom is 0.0242 e. The van der Waals surface area contributed by atoms with E-state index in [2.05, 4.69) is 46.4 Å². The summed E-state index contributed by atoms with van der Waals surface area (Å²) in [7, 11) is 2.03. The van der Waals surface area contributed by atoms with E-state index in [0.29, 0.717) is 5.41 Å². The molecule has 76 valence electrons. The molecule has 1 fully saturated rings. The molecule has 1 N–H and O–H groups in total. The van der Waals surface area contributed by atoms with Crippen molar-refractivity contribution in [1.82, 2.24) is 5.32 Å². The van der Waals surface area contributed by atoms with Gasteiger partial charge < -0.3 is 5.32 Å². The van der Waals surface area contributed by atoms with Crippen molar-refractivity contribution >= 4 is 15.9 Å². The quantitative estimate of drug-likeness (QED) is 0.874. The van der Waals surface area contributed by atoms with Gasteiger partial charge in [0.15, 0.2) is 0 Å². The van der Waals surface area contributed by atoms with Crippen LogP contribution in [-0.4, -0.2) is 13.6 Å². The number of halogens is 1. The van der Waals surface area contributed by atoms with Crippen molar-refractivity contribution in [3.8, 4) is 0 Å². The Labute approximate surface area is 94.0 Å². The van der Waals surface area contributed by atoms with E-state index >= 15 is 0 Å². The van der Waals surface area contributed by atoms with Crippen LogP contribution in [-0.2, 0) is 5.41 Å². The number of benzene rings is 1. The molecule has 1 saturated carbocycles. The normalized spacial score (nSPS) is 18.2. The third kappa shape index (κ3) is 1.61. The maximum absolute atomic E-state index is 3.70. The van der Waals surface area contributed by atoms with Gasteiger partial charge >= 0.3 is 0 Å². The van der Waals surface area contributed by atoms with Crippen molar-refractivity contribution in [3.05, 3.63) is 33.8 Å². The lowest BCUT2D eigenvalue weighted by Gasteiger charge is -2.17. The Bertz CT molecular complexity index is 342. The topological polar surface area (TPSA) is 12.0 Å². The summed E-state index contributed by atoms with van der Waals surface area (Å²) in [6.45, 7) is 3.25. The van der Waals surface area contributed by atoms with E-state index in [0.717, 1.165) is 6.54 Å². The van der Waals surface area contributed by atoms with Crippen LogP contribution in [0.25, 0.3) is 0 Å². The van der Waals surface area contributed by atoms with E-state index in [-0.39, 0.29) is 0 Å². The van der Waals surface area contributed by atoms with E-state index in [1.54, 1.807) is 0 Å². The monoisotopic (exact) mass is 253 g/mol. The Morgan fingerprint density at radius 3 is 2.71 bits per heavy atom. The van der Waals surface area contributed by atoms with Gasteiger partial charge in [-0.1, -0.05) is 34.1 Å². The molecule has 0 saturated heterocycles. The van der Waals surface area contributed by atoms with Gasteiger partial charge in [-0.15, -0.1) is 0 Å². The molecule has 1 aliphatic rings. The zero-order valence-corrected chi connectivity index (χ0v) is 10.3.